The van der Waals surface area contributed by atoms with Crippen LogP contribution in [0.4, 0.5) is 5.69 Å². The van der Waals surface area contributed by atoms with Crippen LogP contribution in [0.5, 0.6) is 5.75 Å². The number of anilines is 1. The molecule has 0 unspecified atom stereocenters. The van der Waals surface area contributed by atoms with Gasteiger partial charge in [-0.2, -0.15) is 0 Å². The second-order valence-corrected chi connectivity index (χ2v) is 8.80. The zero-order chi connectivity index (χ0) is 20.0. The Morgan fingerprint density at radius 1 is 1.17 bits per heavy atom. The van der Waals surface area contributed by atoms with Crippen LogP contribution in [0.1, 0.15) is 42.1 Å². The molecule has 2 aliphatic heterocycles. The number of nitrogens with zero attached hydrogens (tertiary/aromatic N) is 1. The Labute approximate surface area is 176 Å². The maximum atomic E-state index is 11.7. The minimum absolute atomic E-state index is 0.0356. The quantitative estimate of drug-likeness (QED) is 0.808. The number of aryl methyl sites for hydroxylation is 1. The number of halogens is 1. The summed E-state index contributed by atoms with van der Waals surface area (Å²) in [6.07, 6.45) is 4.30. The standard InChI is InChI=1S/C23H26ClN3O2/c24-18-12-19-15(7-8-22(28)26-19)11-21(18)29-23-17-6-2-1-4-14(17)10-20(23)27-9-3-5-16(25)13-27/h1-2,4,6,11-12,16,20,23H,3,5,7-10,13,25H2,(H,26,28)/t16-,20-,23-/m1/s1. The Hall–Kier alpha value is -2.08. The van der Waals surface area contributed by atoms with E-state index in [1.807, 2.05) is 12.1 Å². The lowest BCUT2D eigenvalue weighted by Gasteiger charge is -2.38. The number of amides is 1. The number of ether oxygens (including phenoxy) is 1. The highest BCUT2D eigenvalue weighted by molar-refractivity contribution is 6.32. The summed E-state index contributed by atoms with van der Waals surface area (Å²) in [6.45, 7) is 1.96. The first-order valence-corrected chi connectivity index (χ1v) is 10.8. The van der Waals surface area contributed by atoms with E-state index in [4.69, 9.17) is 22.1 Å². The highest BCUT2D eigenvalue weighted by Gasteiger charge is 2.39. The molecule has 0 bridgehead atoms. The predicted octanol–water partition coefficient (Wildman–Crippen LogP) is 3.69. The summed E-state index contributed by atoms with van der Waals surface area (Å²) in [5, 5.41) is 3.43. The number of piperidine rings is 1. The summed E-state index contributed by atoms with van der Waals surface area (Å²) in [4.78, 5) is 14.2. The van der Waals surface area contributed by atoms with Crippen molar-refractivity contribution in [3.05, 3.63) is 58.1 Å². The molecular weight excluding hydrogens is 386 g/mol. The normalized spacial score (nSPS) is 26.6. The van der Waals surface area contributed by atoms with Crippen LogP contribution in [-0.2, 0) is 17.6 Å². The number of hydrogen-bond acceptors (Lipinski definition) is 4. The van der Waals surface area contributed by atoms with Gasteiger partial charge in [0.05, 0.1) is 11.1 Å². The van der Waals surface area contributed by atoms with Crippen LogP contribution in [0.25, 0.3) is 0 Å². The topological polar surface area (TPSA) is 67.6 Å². The van der Waals surface area contributed by atoms with E-state index in [9.17, 15) is 4.79 Å². The van der Waals surface area contributed by atoms with Gasteiger partial charge in [-0.15, -0.1) is 0 Å². The molecule has 6 heteroatoms. The van der Waals surface area contributed by atoms with Gasteiger partial charge in [-0.05, 0) is 61.1 Å². The fourth-order valence-electron chi connectivity index (χ4n) is 4.95. The zero-order valence-corrected chi connectivity index (χ0v) is 17.1. The SMILES string of the molecule is N[C@@H]1CCCN([C@@H]2Cc3ccccc3[C@H]2Oc2cc3c(cc2Cl)NC(=O)CC3)C1. The second-order valence-electron chi connectivity index (χ2n) is 8.39. The van der Waals surface area contributed by atoms with E-state index in [-0.39, 0.29) is 24.1 Å². The number of rotatable bonds is 3. The van der Waals surface area contributed by atoms with Crippen LogP contribution in [-0.4, -0.2) is 36.0 Å². The van der Waals surface area contributed by atoms with Gasteiger partial charge in [0.1, 0.15) is 11.9 Å². The summed E-state index contributed by atoms with van der Waals surface area (Å²) in [5.74, 6) is 0.725. The average molecular weight is 412 g/mol. The van der Waals surface area contributed by atoms with Crippen molar-refractivity contribution in [3.63, 3.8) is 0 Å². The minimum Gasteiger partial charge on any atom is -0.482 e. The maximum absolute atomic E-state index is 11.7. The molecule has 5 nitrogen and oxygen atoms in total. The van der Waals surface area contributed by atoms with Crippen LogP contribution < -0.4 is 15.8 Å². The zero-order valence-electron chi connectivity index (χ0n) is 16.4. The third kappa shape index (κ3) is 3.63. The third-order valence-electron chi connectivity index (χ3n) is 6.41. The smallest absolute Gasteiger partial charge is 0.224 e. The third-order valence-corrected chi connectivity index (χ3v) is 6.70. The highest BCUT2D eigenvalue weighted by atomic mass is 35.5. The van der Waals surface area contributed by atoms with E-state index in [0.29, 0.717) is 23.6 Å². The van der Waals surface area contributed by atoms with Gasteiger partial charge >= 0.3 is 0 Å². The molecule has 29 heavy (non-hydrogen) atoms. The number of hydrogen-bond donors (Lipinski definition) is 2. The number of carbonyl (C=O) groups excluding carboxylic acids is 1. The van der Waals surface area contributed by atoms with Gasteiger partial charge in [0.25, 0.3) is 0 Å². The Morgan fingerprint density at radius 3 is 2.90 bits per heavy atom. The van der Waals surface area contributed by atoms with Crippen molar-refractivity contribution < 1.29 is 9.53 Å². The van der Waals surface area contributed by atoms with Crippen LogP contribution in [0, 0.1) is 0 Å². The van der Waals surface area contributed by atoms with Gasteiger partial charge in [0, 0.05) is 24.7 Å². The van der Waals surface area contributed by atoms with E-state index in [1.165, 1.54) is 11.1 Å². The molecule has 1 saturated heterocycles. The Kier molecular flexibility index (Phi) is 4.98. The van der Waals surface area contributed by atoms with Crippen LogP contribution in [0.2, 0.25) is 5.02 Å². The molecule has 152 valence electrons. The van der Waals surface area contributed by atoms with Gasteiger partial charge in [-0.1, -0.05) is 35.9 Å². The van der Waals surface area contributed by atoms with E-state index in [0.717, 1.165) is 43.6 Å². The van der Waals surface area contributed by atoms with Crippen molar-refractivity contribution in [1.29, 1.82) is 0 Å². The van der Waals surface area contributed by atoms with Crippen molar-refractivity contribution >= 4 is 23.2 Å². The van der Waals surface area contributed by atoms with E-state index in [1.54, 1.807) is 0 Å². The largest absolute Gasteiger partial charge is 0.482 e. The summed E-state index contributed by atoms with van der Waals surface area (Å²) in [7, 11) is 0. The van der Waals surface area contributed by atoms with E-state index < -0.39 is 0 Å². The molecule has 1 fully saturated rings. The lowest BCUT2D eigenvalue weighted by atomic mass is 10.0. The molecule has 0 aromatic heterocycles. The minimum atomic E-state index is -0.0785. The number of nitrogens with two attached hydrogens (primary N) is 1. The first-order valence-electron chi connectivity index (χ1n) is 10.4. The predicted molar refractivity (Wildman–Crippen MR) is 114 cm³/mol. The number of fused-ring (bicyclic) bond motifs is 2. The molecule has 1 amide bonds. The molecule has 2 aromatic carbocycles. The molecular formula is C23H26ClN3O2. The molecule has 2 aromatic rings. The van der Waals surface area contributed by atoms with Crippen LogP contribution in [0.15, 0.2) is 36.4 Å². The van der Waals surface area contributed by atoms with Gasteiger partial charge < -0.3 is 15.8 Å². The van der Waals surface area contributed by atoms with E-state index >= 15 is 0 Å². The van der Waals surface area contributed by atoms with Crippen molar-refractivity contribution in [2.45, 2.75) is 50.3 Å². The van der Waals surface area contributed by atoms with Gasteiger partial charge in [-0.3, -0.25) is 9.69 Å². The lowest BCUT2D eigenvalue weighted by molar-refractivity contribution is -0.116. The summed E-state index contributed by atoms with van der Waals surface area (Å²) in [6, 6.07) is 12.8. The molecule has 0 radical (unpaired) electrons. The molecule has 0 spiro atoms. The molecule has 3 atom stereocenters. The Morgan fingerprint density at radius 2 is 2.03 bits per heavy atom. The van der Waals surface area contributed by atoms with Crippen LogP contribution in [0.3, 0.4) is 0 Å². The highest BCUT2D eigenvalue weighted by Crippen LogP contribution is 2.42. The maximum Gasteiger partial charge on any atom is 0.224 e. The number of nitrogens with one attached hydrogen (secondary N) is 1. The molecule has 1 aliphatic carbocycles. The average Bonchev–Trinajstić information content (AvgIpc) is 3.07. The van der Waals surface area contributed by atoms with Crippen molar-refractivity contribution in [2.75, 3.05) is 18.4 Å². The molecule has 3 N–H and O–H groups in total. The van der Waals surface area contributed by atoms with Gasteiger partial charge in [0.15, 0.2) is 0 Å². The van der Waals surface area contributed by atoms with Crippen molar-refractivity contribution in [3.8, 4) is 5.75 Å². The molecule has 3 aliphatic rings. The summed E-state index contributed by atoms with van der Waals surface area (Å²) < 4.78 is 6.60. The Bertz CT molecular complexity index is 948. The number of likely N-dealkylation sites (tertiary alicyclic amines) is 1. The van der Waals surface area contributed by atoms with Crippen molar-refractivity contribution in [1.82, 2.24) is 4.90 Å². The molecule has 5 rings (SSSR count). The first-order chi connectivity index (χ1) is 14.1. The summed E-state index contributed by atoms with van der Waals surface area (Å²) >= 11 is 6.56. The second kappa shape index (κ2) is 7.63. The van der Waals surface area contributed by atoms with E-state index in [2.05, 4.69) is 34.5 Å². The first kappa shape index (κ1) is 18.9. The number of carbonyl (C=O) groups is 1. The fourth-order valence-corrected chi connectivity index (χ4v) is 5.16. The van der Waals surface area contributed by atoms with Crippen LogP contribution >= 0.6 is 11.6 Å². The summed E-state index contributed by atoms with van der Waals surface area (Å²) in [5.41, 5.74) is 10.7. The monoisotopic (exact) mass is 411 g/mol. The number of benzene rings is 2. The lowest BCUT2D eigenvalue weighted by Crippen LogP contribution is -2.49. The molecule has 0 saturated carbocycles. The van der Waals surface area contributed by atoms with Gasteiger partial charge in [0.2, 0.25) is 5.91 Å². The fraction of sp³-hybridized carbons (Fsp3) is 0.435. The molecule has 2 heterocycles. The van der Waals surface area contributed by atoms with Gasteiger partial charge in [-0.25, -0.2) is 0 Å². The van der Waals surface area contributed by atoms with Crippen molar-refractivity contribution in [2.24, 2.45) is 5.73 Å². The Balaban J connectivity index is 1.47.